The van der Waals surface area contributed by atoms with Crippen LogP contribution in [-0.2, 0) is 26.1 Å². The van der Waals surface area contributed by atoms with Crippen molar-refractivity contribution in [3.8, 4) is 0 Å². The van der Waals surface area contributed by atoms with Crippen LogP contribution in [-0.4, -0.2) is 56.4 Å². The number of amides is 1. The Morgan fingerprint density at radius 1 is 1.07 bits per heavy atom. The largest absolute Gasteiger partial charge is 0.378 e. The summed E-state index contributed by atoms with van der Waals surface area (Å²) >= 11 is 3.38. The van der Waals surface area contributed by atoms with Crippen molar-refractivity contribution in [1.82, 2.24) is 9.21 Å². The van der Waals surface area contributed by atoms with Gasteiger partial charge in [-0.1, -0.05) is 45.8 Å². The zero-order valence-corrected chi connectivity index (χ0v) is 18.1. The highest BCUT2D eigenvalue weighted by atomic mass is 79.9. The van der Waals surface area contributed by atoms with Crippen molar-refractivity contribution in [2.75, 3.05) is 32.8 Å². The predicted molar refractivity (Wildman–Crippen MR) is 110 cm³/mol. The van der Waals surface area contributed by atoms with E-state index < -0.39 is 10.0 Å². The lowest BCUT2D eigenvalue weighted by Crippen LogP contribution is -2.46. The van der Waals surface area contributed by atoms with Gasteiger partial charge in [-0.25, -0.2) is 8.42 Å². The van der Waals surface area contributed by atoms with Crippen LogP contribution in [0.4, 0.5) is 0 Å². The van der Waals surface area contributed by atoms with Gasteiger partial charge in [-0.15, -0.1) is 0 Å². The van der Waals surface area contributed by atoms with Crippen molar-refractivity contribution in [2.45, 2.75) is 18.4 Å². The summed E-state index contributed by atoms with van der Waals surface area (Å²) in [5, 5.41) is 0. The second kappa shape index (κ2) is 9.17. The fourth-order valence-electron chi connectivity index (χ4n) is 2.94. The third-order valence-corrected chi connectivity index (χ3v) is 6.94. The zero-order chi connectivity index (χ0) is 20.1. The van der Waals surface area contributed by atoms with Crippen molar-refractivity contribution in [2.24, 2.45) is 0 Å². The number of benzene rings is 2. The number of morpholine rings is 1. The number of carbonyl (C=O) groups excluding carboxylic acids is 1. The van der Waals surface area contributed by atoms with E-state index in [4.69, 9.17) is 4.74 Å². The molecule has 1 aliphatic rings. The molecular weight excluding hydrogens is 444 g/mol. The van der Waals surface area contributed by atoms with E-state index in [2.05, 4.69) is 15.9 Å². The van der Waals surface area contributed by atoms with Gasteiger partial charge in [0.15, 0.2) is 0 Å². The molecule has 8 heteroatoms. The highest BCUT2D eigenvalue weighted by Crippen LogP contribution is 2.20. The van der Waals surface area contributed by atoms with Crippen LogP contribution in [0, 0.1) is 6.92 Å². The first-order valence-corrected chi connectivity index (χ1v) is 11.3. The van der Waals surface area contributed by atoms with Gasteiger partial charge in [-0.3, -0.25) is 4.79 Å². The highest BCUT2D eigenvalue weighted by Gasteiger charge is 2.29. The average molecular weight is 467 g/mol. The first-order valence-electron chi connectivity index (χ1n) is 9.03. The lowest BCUT2D eigenvalue weighted by atomic mass is 10.2. The molecule has 6 nitrogen and oxygen atoms in total. The van der Waals surface area contributed by atoms with E-state index in [0.29, 0.717) is 26.3 Å². The van der Waals surface area contributed by atoms with Crippen LogP contribution >= 0.6 is 15.9 Å². The number of rotatable bonds is 6. The molecule has 2 aromatic rings. The molecule has 0 radical (unpaired) electrons. The third kappa shape index (κ3) is 5.20. The molecule has 0 bridgehead atoms. The molecule has 28 heavy (non-hydrogen) atoms. The number of hydrogen-bond acceptors (Lipinski definition) is 4. The third-order valence-electron chi connectivity index (χ3n) is 4.61. The number of ether oxygens (including phenoxy) is 1. The molecule has 0 atom stereocenters. The number of halogens is 1. The molecule has 1 aliphatic heterocycles. The SMILES string of the molecule is Cc1ccc(S(=O)(=O)N(CC(=O)N2CCOCC2)Cc2ccc(Br)cc2)cc1. The van der Waals surface area contributed by atoms with Crippen LogP contribution in [0.3, 0.4) is 0 Å². The monoisotopic (exact) mass is 466 g/mol. The Labute approximate surface area is 174 Å². The molecule has 1 fully saturated rings. The van der Waals surface area contributed by atoms with Crippen LogP contribution in [0.1, 0.15) is 11.1 Å². The molecule has 1 saturated heterocycles. The highest BCUT2D eigenvalue weighted by molar-refractivity contribution is 9.10. The van der Waals surface area contributed by atoms with Crippen molar-refractivity contribution < 1.29 is 17.9 Å². The average Bonchev–Trinajstić information content (AvgIpc) is 2.70. The van der Waals surface area contributed by atoms with Crippen molar-refractivity contribution in [3.05, 3.63) is 64.1 Å². The molecule has 3 rings (SSSR count). The van der Waals surface area contributed by atoms with Gasteiger partial charge in [0.2, 0.25) is 15.9 Å². The molecule has 0 aromatic heterocycles. The first-order chi connectivity index (χ1) is 13.4. The minimum Gasteiger partial charge on any atom is -0.378 e. The molecule has 150 valence electrons. The lowest BCUT2D eigenvalue weighted by Gasteiger charge is -2.29. The minimum absolute atomic E-state index is 0.125. The first kappa shape index (κ1) is 21.0. The van der Waals surface area contributed by atoms with E-state index >= 15 is 0 Å². The normalized spacial score (nSPS) is 15.0. The second-order valence-electron chi connectivity index (χ2n) is 6.71. The van der Waals surface area contributed by atoms with Crippen LogP contribution in [0.2, 0.25) is 0 Å². The summed E-state index contributed by atoms with van der Waals surface area (Å²) in [6.07, 6.45) is 0. The zero-order valence-electron chi connectivity index (χ0n) is 15.7. The van der Waals surface area contributed by atoms with Gasteiger partial charge in [-0.05, 0) is 36.8 Å². The van der Waals surface area contributed by atoms with Crippen molar-refractivity contribution >= 4 is 31.9 Å². The van der Waals surface area contributed by atoms with Gasteiger partial charge in [0.25, 0.3) is 0 Å². The molecule has 0 N–H and O–H groups in total. The van der Waals surface area contributed by atoms with E-state index in [9.17, 15) is 13.2 Å². The van der Waals surface area contributed by atoms with Crippen LogP contribution in [0.15, 0.2) is 57.9 Å². The molecule has 1 amide bonds. The Morgan fingerprint density at radius 3 is 2.29 bits per heavy atom. The van der Waals surface area contributed by atoms with Crippen LogP contribution in [0.25, 0.3) is 0 Å². The lowest BCUT2D eigenvalue weighted by molar-refractivity contribution is -0.135. The maximum Gasteiger partial charge on any atom is 0.243 e. The van der Waals surface area contributed by atoms with Crippen LogP contribution < -0.4 is 0 Å². The summed E-state index contributed by atoms with van der Waals surface area (Å²) in [7, 11) is -3.82. The number of aryl methyl sites for hydroxylation is 1. The van der Waals surface area contributed by atoms with Crippen LogP contribution in [0.5, 0.6) is 0 Å². The standard InChI is InChI=1S/C20H23BrN2O4S/c1-16-2-8-19(9-3-16)28(25,26)23(14-17-4-6-18(21)7-5-17)15-20(24)22-10-12-27-13-11-22/h2-9H,10-15H2,1H3. The van der Waals surface area contributed by atoms with E-state index in [0.717, 1.165) is 15.6 Å². The van der Waals surface area contributed by atoms with Gasteiger partial charge in [0, 0.05) is 24.1 Å². The second-order valence-corrected chi connectivity index (χ2v) is 9.56. The van der Waals surface area contributed by atoms with Gasteiger partial charge < -0.3 is 9.64 Å². The Hall–Kier alpha value is -1.74. The van der Waals surface area contributed by atoms with Gasteiger partial charge in [-0.2, -0.15) is 4.31 Å². The summed E-state index contributed by atoms with van der Waals surface area (Å²) < 4.78 is 33.9. The quantitative estimate of drug-likeness (QED) is 0.656. The Kier molecular flexibility index (Phi) is 6.87. The van der Waals surface area contributed by atoms with Crippen molar-refractivity contribution in [1.29, 1.82) is 0 Å². The summed E-state index contributed by atoms with van der Waals surface area (Å²) in [5.74, 6) is -0.212. The maximum absolute atomic E-state index is 13.3. The molecule has 1 heterocycles. The summed E-state index contributed by atoms with van der Waals surface area (Å²) in [4.78, 5) is 14.6. The number of carbonyl (C=O) groups is 1. The Bertz CT molecular complexity index is 908. The minimum atomic E-state index is -3.82. The van der Waals surface area contributed by atoms with Gasteiger partial charge in [0.1, 0.15) is 0 Å². The number of hydrogen-bond donors (Lipinski definition) is 0. The molecular formula is C20H23BrN2O4S. The predicted octanol–water partition coefficient (Wildman–Crippen LogP) is 2.81. The summed E-state index contributed by atoms with van der Waals surface area (Å²) in [5.41, 5.74) is 1.79. The number of nitrogens with zero attached hydrogens (tertiary/aromatic N) is 2. The smallest absolute Gasteiger partial charge is 0.243 e. The molecule has 0 unspecified atom stereocenters. The molecule has 2 aromatic carbocycles. The molecule has 0 spiro atoms. The summed E-state index contributed by atoms with van der Waals surface area (Å²) in [6, 6.07) is 14.1. The fourth-order valence-corrected chi connectivity index (χ4v) is 4.58. The fraction of sp³-hybridized carbons (Fsp3) is 0.350. The molecule has 0 aliphatic carbocycles. The molecule has 0 saturated carbocycles. The van der Waals surface area contributed by atoms with Gasteiger partial charge >= 0.3 is 0 Å². The van der Waals surface area contributed by atoms with Crippen molar-refractivity contribution in [3.63, 3.8) is 0 Å². The topological polar surface area (TPSA) is 66.9 Å². The van der Waals surface area contributed by atoms with E-state index in [1.54, 1.807) is 29.2 Å². The maximum atomic E-state index is 13.3. The Balaban J connectivity index is 1.87. The van der Waals surface area contributed by atoms with E-state index in [1.165, 1.54) is 4.31 Å². The van der Waals surface area contributed by atoms with E-state index in [-0.39, 0.29) is 23.9 Å². The van der Waals surface area contributed by atoms with E-state index in [1.807, 2.05) is 31.2 Å². The summed E-state index contributed by atoms with van der Waals surface area (Å²) in [6.45, 7) is 3.74. The number of sulfonamides is 1. The Morgan fingerprint density at radius 2 is 1.68 bits per heavy atom. The van der Waals surface area contributed by atoms with Gasteiger partial charge in [0.05, 0.1) is 24.7 Å².